The number of fused-ring (bicyclic) bond motifs is 3. The summed E-state index contributed by atoms with van der Waals surface area (Å²) in [6.07, 6.45) is -11.8. The van der Waals surface area contributed by atoms with E-state index < -0.39 is 122 Å². The summed E-state index contributed by atoms with van der Waals surface area (Å²) in [4.78, 5) is 24.8. The first-order chi connectivity index (χ1) is 23.4. The maximum atomic E-state index is 12.7. The van der Waals surface area contributed by atoms with Gasteiger partial charge in [-0.15, -0.1) is 0 Å². The van der Waals surface area contributed by atoms with E-state index in [1.165, 1.54) is 24.5 Å². The number of phenolic OH excluding ortho intramolecular Hbond substituents is 1. The zero-order valence-electron chi connectivity index (χ0n) is 26.4. The van der Waals surface area contributed by atoms with Crippen LogP contribution >= 0.6 is 0 Å². The molecule has 16 atom stereocenters. The minimum absolute atomic E-state index is 0.0559. The zero-order chi connectivity index (χ0) is 35.2. The Hall–Kier alpha value is -3.20. The van der Waals surface area contributed by atoms with Crippen LogP contribution in [0.3, 0.4) is 0 Å². The molecule has 1 aromatic rings. The fourth-order valence-electron chi connectivity index (χ4n) is 6.98. The first-order valence-corrected chi connectivity index (χ1v) is 15.8. The summed E-state index contributed by atoms with van der Waals surface area (Å²) in [6, 6.07) is 6.06. The summed E-state index contributed by atoms with van der Waals surface area (Å²) in [5.41, 5.74) is -0.645. The number of ether oxygens (including phenoxy) is 8. The number of carbonyl (C=O) groups is 2. The number of epoxide rings is 1. The van der Waals surface area contributed by atoms with Crippen LogP contribution in [0.2, 0.25) is 0 Å². The SMILES string of the molecule is CC(=O)O[C@H]1[C@@H](O)[C@H](O[C@H]2[C@@H]3C=CO[C@@H](O[C@@H]4O[C@H](CO)[C@@H](O)[C@H](O)[C@H]4O)[C@@H]3[C@@]3(CO)O[C@@H]23)O[C@@H](C)[C@@H]1OC(=O)C=Cc1ccc(O)cc1. The summed E-state index contributed by atoms with van der Waals surface area (Å²) >= 11 is 0. The van der Waals surface area contributed by atoms with Crippen molar-refractivity contribution in [3.63, 3.8) is 0 Å². The molecular formula is C32H40O17. The molecule has 17 heteroatoms. The van der Waals surface area contributed by atoms with Gasteiger partial charge in [-0.2, -0.15) is 0 Å². The fraction of sp³-hybridized carbons (Fsp3) is 0.625. The quantitative estimate of drug-likeness (QED) is 0.0779. The second-order valence-corrected chi connectivity index (χ2v) is 12.6. The maximum Gasteiger partial charge on any atom is 0.331 e. The van der Waals surface area contributed by atoms with Gasteiger partial charge in [0.05, 0.1) is 37.6 Å². The summed E-state index contributed by atoms with van der Waals surface area (Å²) in [6.45, 7) is 1.50. The van der Waals surface area contributed by atoms with Crippen LogP contribution in [0.4, 0.5) is 0 Å². The van der Waals surface area contributed by atoms with Gasteiger partial charge in [0.2, 0.25) is 6.29 Å². The number of esters is 2. The second kappa shape index (κ2) is 14.2. The molecule has 4 fully saturated rings. The molecule has 1 aliphatic carbocycles. The van der Waals surface area contributed by atoms with Crippen LogP contribution in [0.15, 0.2) is 42.7 Å². The Bertz CT molecular complexity index is 1400. The highest BCUT2D eigenvalue weighted by Gasteiger charge is 2.77. The number of aliphatic hydroxyl groups is 6. The molecule has 1 aromatic carbocycles. The first kappa shape index (κ1) is 35.6. The van der Waals surface area contributed by atoms with Gasteiger partial charge < -0.3 is 73.6 Å². The van der Waals surface area contributed by atoms with Gasteiger partial charge in [-0.1, -0.05) is 12.1 Å². The molecule has 0 radical (unpaired) electrons. The zero-order valence-corrected chi connectivity index (χ0v) is 26.4. The van der Waals surface area contributed by atoms with Crippen LogP contribution in [0.1, 0.15) is 19.4 Å². The maximum absolute atomic E-state index is 12.7. The fourth-order valence-corrected chi connectivity index (χ4v) is 6.98. The topological polar surface area (TPSA) is 253 Å². The molecule has 17 nitrogen and oxygen atoms in total. The van der Waals surface area contributed by atoms with Crippen LogP contribution < -0.4 is 0 Å². The van der Waals surface area contributed by atoms with Crippen LogP contribution in [0.5, 0.6) is 5.75 Å². The Morgan fingerprint density at radius 3 is 2.27 bits per heavy atom. The Morgan fingerprint density at radius 1 is 0.878 bits per heavy atom. The van der Waals surface area contributed by atoms with Crippen LogP contribution in [0, 0.1) is 11.8 Å². The molecule has 49 heavy (non-hydrogen) atoms. The van der Waals surface area contributed by atoms with Gasteiger partial charge in [-0.3, -0.25) is 4.79 Å². The Balaban J connectivity index is 1.16. The lowest BCUT2D eigenvalue weighted by molar-refractivity contribution is -0.347. The monoisotopic (exact) mass is 696 g/mol. The minimum Gasteiger partial charge on any atom is -0.508 e. The van der Waals surface area contributed by atoms with E-state index in [0.717, 1.165) is 13.0 Å². The van der Waals surface area contributed by atoms with Crippen molar-refractivity contribution in [1.29, 1.82) is 0 Å². The van der Waals surface area contributed by atoms with Crippen molar-refractivity contribution < 1.29 is 83.2 Å². The molecule has 3 saturated heterocycles. The predicted molar refractivity (Wildman–Crippen MR) is 158 cm³/mol. The number of rotatable bonds is 10. The molecule has 0 unspecified atom stereocenters. The molecule has 7 N–H and O–H groups in total. The molecule has 5 aliphatic rings. The summed E-state index contributed by atoms with van der Waals surface area (Å²) in [7, 11) is 0. The number of hydrogen-bond acceptors (Lipinski definition) is 17. The molecule has 0 aromatic heterocycles. The number of hydrogen-bond donors (Lipinski definition) is 7. The standard InChI is InChI=1S/C32H40O17/c1-13-25(46-19(37)8-5-15-3-6-16(36)7-4-15)27(44-14(2)35)24(41)31(43-13)47-26-17-9-10-42-29(20(17)32(12-34)28(26)49-32)48-30-23(40)22(39)21(38)18(11-33)45-30/h3-10,13,17-18,20-31,33-34,36,38-41H,11-12H2,1-2H3/t13-,17+,18+,20+,21+,22-,23+,24+,25-,26-,27-,28-,29-,30-,31-,32+/m0/s1. The first-order valence-electron chi connectivity index (χ1n) is 15.8. The highest BCUT2D eigenvalue weighted by Crippen LogP contribution is 2.61. The minimum atomic E-state index is -1.71. The molecule has 0 bridgehead atoms. The predicted octanol–water partition coefficient (Wildman–Crippen LogP) is -2.20. The number of aromatic hydroxyl groups is 1. The average Bonchev–Trinajstić information content (AvgIpc) is 3.75. The van der Waals surface area contributed by atoms with E-state index >= 15 is 0 Å². The number of aliphatic hydroxyl groups excluding tert-OH is 6. The van der Waals surface area contributed by atoms with Crippen molar-refractivity contribution in [2.45, 2.75) is 99.4 Å². The van der Waals surface area contributed by atoms with Gasteiger partial charge in [-0.25, -0.2) is 4.79 Å². The van der Waals surface area contributed by atoms with Crippen molar-refractivity contribution >= 4 is 18.0 Å². The Kier molecular flexibility index (Phi) is 10.3. The summed E-state index contributed by atoms with van der Waals surface area (Å²) in [5.74, 6) is -2.88. The third-order valence-corrected chi connectivity index (χ3v) is 9.50. The highest BCUT2D eigenvalue weighted by molar-refractivity contribution is 5.87. The molecule has 6 rings (SSSR count). The molecule has 0 amide bonds. The van der Waals surface area contributed by atoms with E-state index in [9.17, 15) is 45.3 Å². The number of phenols is 1. The van der Waals surface area contributed by atoms with Crippen LogP contribution in [0.25, 0.3) is 6.08 Å². The molecular weight excluding hydrogens is 656 g/mol. The third-order valence-electron chi connectivity index (χ3n) is 9.50. The Labute approximate surface area is 279 Å². The summed E-state index contributed by atoms with van der Waals surface area (Å²) < 4.78 is 46.2. The normalized spacial score (nSPS) is 44.1. The average molecular weight is 697 g/mol. The lowest BCUT2D eigenvalue weighted by atomic mass is 9.85. The van der Waals surface area contributed by atoms with Gasteiger partial charge >= 0.3 is 11.9 Å². The van der Waals surface area contributed by atoms with Crippen molar-refractivity contribution in [2.24, 2.45) is 11.8 Å². The second-order valence-electron chi connectivity index (χ2n) is 12.6. The molecule has 270 valence electrons. The van der Waals surface area contributed by atoms with E-state index in [0.29, 0.717) is 5.56 Å². The highest BCUT2D eigenvalue weighted by atomic mass is 16.8. The van der Waals surface area contributed by atoms with E-state index in [1.54, 1.807) is 25.1 Å². The van der Waals surface area contributed by atoms with Crippen LogP contribution in [-0.2, 0) is 47.5 Å². The van der Waals surface area contributed by atoms with Crippen molar-refractivity contribution in [2.75, 3.05) is 13.2 Å². The van der Waals surface area contributed by atoms with Gasteiger partial charge in [-0.05, 0) is 36.8 Å². The van der Waals surface area contributed by atoms with Gasteiger partial charge in [0.15, 0.2) is 24.8 Å². The van der Waals surface area contributed by atoms with Crippen LogP contribution in [-0.4, -0.2) is 146 Å². The molecule has 1 saturated carbocycles. The van der Waals surface area contributed by atoms with Crippen molar-refractivity contribution in [1.82, 2.24) is 0 Å². The van der Waals surface area contributed by atoms with Gasteiger partial charge in [0, 0.05) is 18.9 Å². The van der Waals surface area contributed by atoms with Gasteiger partial charge in [0.25, 0.3) is 0 Å². The number of benzene rings is 1. The van der Waals surface area contributed by atoms with Gasteiger partial charge in [0.1, 0.15) is 48.0 Å². The Morgan fingerprint density at radius 2 is 1.59 bits per heavy atom. The molecule has 0 spiro atoms. The van der Waals surface area contributed by atoms with Crippen molar-refractivity contribution in [3.05, 3.63) is 48.2 Å². The molecule has 4 aliphatic heterocycles. The third kappa shape index (κ3) is 6.81. The van der Waals surface area contributed by atoms with E-state index in [-0.39, 0.29) is 5.75 Å². The lowest BCUT2D eigenvalue weighted by Gasteiger charge is -2.44. The van der Waals surface area contributed by atoms with Crippen molar-refractivity contribution in [3.8, 4) is 5.75 Å². The largest absolute Gasteiger partial charge is 0.508 e. The lowest BCUT2D eigenvalue weighted by Crippen LogP contribution is -2.61. The molecule has 4 heterocycles. The van der Waals surface area contributed by atoms with E-state index in [4.69, 9.17) is 37.9 Å². The summed E-state index contributed by atoms with van der Waals surface area (Å²) in [5, 5.41) is 71.7. The smallest absolute Gasteiger partial charge is 0.331 e. The number of carbonyl (C=O) groups excluding carboxylic acids is 2. The van der Waals surface area contributed by atoms with E-state index in [2.05, 4.69) is 0 Å². The van der Waals surface area contributed by atoms with E-state index in [1.807, 2.05) is 0 Å².